The van der Waals surface area contributed by atoms with Gasteiger partial charge >= 0.3 is 5.97 Å². The van der Waals surface area contributed by atoms with E-state index in [4.69, 9.17) is 11.6 Å². The van der Waals surface area contributed by atoms with Crippen LogP contribution >= 0.6 is 11.6 Å². The Labute approximate surface area is 92.8 Å². The lowest BCUT2D eigenvalue weighted by molar-refractivity contribution is -0.137. The first kappa shape index (κ1) is 12.0. The third-order valence-corrected chi connectivity index (χ3v) is 4.02. The Kier molecular flexibility index (Phi) is 3.36. The zero-order valence-electron chi connectivity index (χ0n) is 8.15. The topological polar surface area (TPSA) is 60.4 Å². The Morgan fingerprint density at radius 2 is 1.93 bits per heavy atom. The SMILES string of the molecule is COC(C)=O.O=S1(=O)C2=CC(Cl)=C1C=C2. The summed E-state index contributed by atoms with van der Waals surface area (Å²) in [4.78, 5) is 10.1. The minimum atomic E-state index is -3.14. The maximum Gasteiger partial charge on any atom is 0.302 e. The van der Waals surface area contributed by atoms with Crippen LogP contribution in [-0.2, 0) is 19.4 Å². The number of carbonyl (C=O) groups excluding carboxylic acids is 1. The third-order valence-electron chi connectivity index (χ3n) is 1.79. The zero-order valence-corrected chi connectivity index (χ0v) is 9.72. The van der Waals surface area contributed by atoms with Crippen LogP contribution in [0.2, 0.25) is 0 Å². The number of halogens is 1. The molecule has 0 N–H and O–H groups in total. The Hall–Kier alpha value is -1.07. The van der Waals surface area contributed by atoms with Gasteiger partial charge in [-0.1, -0.05) is 11.6 Å². The molecule has 0 spiro atoms. The van der Waals surface area contributed by atoms with Crippen LogP contribution in [0.3, 0.4) is 0 Å². The van der Waals surface area contributed by atoms with Gasteiger partial charge in [0.05, 0.1) is 22.0 Å². The van der Waals surface area contributed by atoms with Gasteiger partial charge in [0.25, 0.3) is 0 Å². The van der Waals surface area contributed by atoms with E-state index in [0.717, 1.165) is 0 Å². The molecule has 0 amide bonds. The summed E-state index contributed by atoms with van der Waals surface area (Å²) in [6.07, 6.45) is 4.54. The van der Waals surface area contributed by atoms with Crippen LogP contribution in [-0.4, -0.2) is 21.5 Å². The van der Waals surface area contributed by atoms with E-state index in [2.05, 4.69) is 4.74 Å². The van der Waals surface area contributed by atoms with Gasteiger partial charge in [-0.2, -0.15) is 0 Å². The summed E-state index contributed by atoms with van der Waals surface area (Å²) in [5, 5.41) is 0.331. The lowest BCUT2D eigenvalue weighted by atomic mass is 10.3. The Balaban J connectivity index is 0.000000195. The lowest BCUT2D eigenvalue weighted by Crippen LogP contribution is -1.92. The Bertz CT molecular complexity index is 482. The number of methoxy groups -OCH3 is 1. The van der Waals surface area contributed by atoms with Crippen molar-refractivity contribution in [2.75, 3.05) is 7.11 Å². The fourth-order valence-electron chi connectivity index (χ4n) is 0.994. The standard InChI is InChI=1S/C6H3ClO2S.C3H6O2/c7-5-3-4-1-2-6(5)10(4,8)9;1-3(4)5-2/h1-3H;1-2H3. The number of fused-ring (bicyclic) bond motifs is 2. The van der Waals surface area contributed by atoms with Gasteiger partial charge < -0.3 is 4.74 Å². The molecule has 6 heteroatoms. The number of ether oxygens (including phenoxy) is 1. The van der Waals surface area contributed by atoms with Crippen LogP contribution < -0.4 is 0 Å². The largest absolute Gasteiger partial charge is 0.469 e. The first-order valence-corrected chi connectivity index (χ1v) is 5.85. The number of hydrogen-bond acceptors (Lipinski definition) is 4. The molecule has 15 heavy (non-hydrogen) atoms. The molecule has 2 aliphatic rings. The highest BCUT2D eigenvalue weighted by Crippen LogP contribution is 2.38. The highest BCUT2D eigenvalue weighted by Gasteiger charge is 2.32. The van der Waals surface area contributed by atoms with Gasteiger partial charge in [-0.3, -0.25) is 4.79 Å². The highest BCUT2D eigenvalue weighted by molar-refractivity contribution is 8.00. The second-order valence-corrected chi connectivity index (χ2v) is 5.12. The van der Waals surface area contributed by atoms with E-state index < -0.39 is 9.84 Å². The molecule has 0 aromatic carbocycles. The van der Waals surface area contributed by atoms with Gasteiger partial charge in [-0.05, 0) is 18.2 Å². The first-order valence-electron chi connectivity index (χ1n) is 3.99. The highest BCUT2D eigenvalue weighted by atomic mass is 35.5. The van der Waals surface area contributed by atoms with Crippen molar-refractivity contribution in [2.45, 2.75) is 6.92 Å². The van der Waals surface area contributed by atoms with E-state index in [-0.39, 0.29) is 10.9 Å². The number of rotatable bonds is 0. The van der Waals surface area contributed by atoms with Crippen molar-refractivity contribution in [1.29, 1.82) is 0 Å². The molecule has 0 atom stereocenters. The molecule has 0 fully saturated rings. The van der Waals surface area contributed by atoms with Gasteiger partial charge in [-0.25, -0.2) is 8.42 Å². The summed E-state index contributed by atoms with van der Waals surface area (Å²) in [6, 6.07) is 0. The number of hydrogen-bond donors (Lipinski definition) is 0. The predicted octanol–water partition coefficient (Wildman–Crippen LogP) is 1.50. The minimum absolute atomic E-state index is 0.240. The second kappa shape index (κ2) is 4.20. The van der Waals surface area contributed by atoms with Crippen molar-refractivity contribution in [1.82, 2.24) is 0 Å². The van der Waals surface area contributed by atoms with Gasteiger partial charge in [0.15, 0.2) is 0 Å². The predicted molar refractivity (Wildman–Crippen MR) is 56.7 cm³/mol. The summed E-state index contributed by atoms with van der Waals surface area (Å²) in [7, 11) is -1.79. The van der Waals surface area contributed by atoms with Gasteiger partial charge in [-0.15, -0.1) is 0 Å². The average molecular weight is 249 g/mol. The van der Waals surface area contributed by atoms with Crippen molar-refractivity contribution >= 4 is 27.4 Å². The van der Waals surface area contributed by atoms with Crippen LogP contribution in [0.1, 0.15) is 6.92 Å². The molecule has 0 saturated carbocycles. The normalized spacial score (nSPS) is 19.5. The van der Waals surface area contributed by atoms with Crippen molar-refractivity contribution in [3.05, 3.63) is 33.1 Å². The molecular formula is C9H9ClO4S. The van der Waals surface area contributed by atoms with E-state index in [1.54, 1.807) is 6.08 Å². The van der Waals surface area contributed by atoms with Gasteiger partial charge in [0.1, 0.15) is 0 Å². The molecule has 0 unspecified atom stereocenters. The molecule has 2 aliphatic heterocycles. The van der Waals surface area contributed by atoms with Gasteiger partial charge in [0, 0.05) is 6.92 Å². The molecule has 0 aliphatic carbocycles. The fraction of sp³-hybridized carbons (Fsp3) is 0.222. The molecule has 0 aromatic heterocycles. The Morgan fingerprint density at radius 1 is 1.40 bits per heavy atom. The maximum atomic E-state index is 11.1. The number of sulfone groups is 1. The van der Waals surface area contributed by atoms with Crippen molar-refractivity contribution < 1.29 is 17.9 Å². The van der Waals surface area contributed by atoms with E-state index in [0.29, 0.717) is 9.94 Å². The van der Waals surface area contributed by atoms with Crippen LogP contribution in [0.4, 0.5) is 0 Å². The molecule has 2 heterocycles. The van der Waals surface area contributed by atoms with Crippen molar-refractivity contribution in [3.8, 4) is 0 Å². The lowest BCUT2D eigenvalue weighted by Gasteiger charge is -1.88. The third kappa shape index (κ3) is 2.30. The monoisotopic (exact) mass is 248 g/mol. The van der Waals surface area contributed by atoms with E-state index in [9.17, 15) is 13.2 Å². The summed E-state index contributed by atoms with van der Waals surface area (Å²) in [6.45, 7) is 1.36. The molecule has 2 bridgehead atoms. The molecule has 2 rings (SSSR count). The smallest absolute Gasteiger partial charge is 0.302 e. The van der Waals surface area contributed by atoms with Crippen molar-refractivity contribution in [3.63, 3.8) is 0 Å². The van der Waals surface area contributed by atoms with E-state index >= 15 is 0 Å². The zero-order chi connectivity index (χ0) is 11.6. The first-order chi connectivity index (χ1) is 6.89. The summed E-state index contributed by atoms with van der Waals surface area (Å²) >= 11 is 5.57. The molecule has 4 nitrogen and oxygen atoms in total. The molecule has 0 aromatic rings. The van der Waals surface area contributed by atoms with E-state index in [1.807, 2.05) is 0 Å². The summed E-state index contributed by atoms with van der Waals surface area (Å²) in [5.74, 6) is -0.245. The second-order valence-electron chi connectivity index (χ2n) is 2.79. The summed E-state index contributed by atoms with van der Waals surface area (Å²) in [5.41, 5.74) is 0. The number of esters is 1. The van der Waals surface area contributed by atoms with Crippen LogP contribution in [0.5, 0.6) is 0 Å². The average Bonchev–Trinajstić information content (AvgIpc) is 2.55. The number of allylic oxidation sites excluding steroid dienone is 4. The maximum absolute atomic E-state index is 11.1. The number of carbonyl (C=O) groups is 1. The quantitative estimate of drug-likeness (QED) is 0.610. The van der Waals surface area contributed by atoms with Gasteiger partial charge in [0.2, 0.25) is 9.84 Å². The van der Waals surface area contributed by atoms with E-state index in [1.165, 1.54) is 26.2 Å². The van der Waals surface area contributed by atoms with Crippen LogP contribution in [0.25, 0.3) is 0 Å². The molecule has 0 saturated heterocycles. The minimum Gasteiger partial charge on any atom is -0.469 e. The van der Waals surface area contributed by atoms with Crippen LogP contribution in [0.15, 0.2) is 33.1 Å². The van der Waals surface area contributed by atoms with Crippen molar-refractivity contribution in [2.24, 2.45) is 0 Å². The molecule has 82 valence electrons. The summed E-state index contributed by atoms with van der Waals surface area (Å²) < 4.78 is 26.3. The Morgan fingerprint density at radius 3 is 2.07 bits per heavy atom. The fourth-order valence-corrected chi connectivity index (χ4v) is 2.88. The molecular weight excluding hydrogens is 240 g/mol. The molecule has 0 radical (unpaired) electrons. The van der Waals surface area contributed by atoms with Crippen LogP contribution in [0, 0.1) is 0 Å².